The SMILES string of the molecule is COc1cc(/C=C2/SC(=Nc3cccc(Cl)c3C)NC2=O)cc(Cl)c1OCc1ccc(Cl)cc1. The molecule has 0 aromatic heterocycles. The highest BCUT2D eigenvalue weighted by molar-refractivity contribution is 8.18. The minimum atomic E-state index is -0.249. The van der Waals surface area contributed by atoms with Crippen molar-refractivity contribution in [2.24, 2.45) is 4.99 Å². The largest absolute Gasteiger partial charge is 0.493 e. The number of methoxy groups -OCH3 is 1. The van der Waals surface area contributed by atoms with Crippen molar-refractivity contribution in [2.75, 3.05) is 7.11 Å². The van der Waals surface area contributed by atoms with Crippen LogP contribution in [0.1, 0.15) is 16.7 Å². The molecule has 4 rings (SSSR count). The van der Waals surface area contributed by atoms with E-state index in [0.717, 1.165) is 11.1 Å². The molecule has 1 saturated heterocycles. The maximum Gasteiger partial charge on any atom is 0.264 e. The van der Waals surface area contributed by atoms with Gasteiger partial charge in [0.1, 0.15) is 6.61 Å². The number of benzene rings is 3. The fraction of sp³-hybridized carbons (Fsp3) is 0.120. The summed E-state index contributed by atoms with van der Waals surface area (Å²) in [5.41, 5.74) is 3.17. The van der Waals surface area contributed by atoms with Crippen molar-refractivity contribution in [3.8, 4) is 11.5 Å². The first-order valence-electron chi connectivity index (χ1n) is 10.1. The standard InChI is InChI=1S/C25H19Cl3N2O3S/c1-14-18(27)4-3-5-20(14)29-25-30-24(31)22(34-25)12-16-10-19(28)23(21(11-16)32-2)33-13-15-6-8-17(26)9-7-15/h3-12H,13H2,1-2H3,(H,29,30,31)/b22-12+. The number of halogens is 3. The van der Waals surface area contributed by atoms with Crippen molar-refractivity contribution < 1.29 is 14.3 Å². The summed E-state index contributed by atoms with van der Waals surface area (Å²) in [5, 5.41) is 4.89. The van der Waals surface area contributed by atoms with E-state index in [9.17, 15) is 4.79 Å². The molecule has 0 spiro atoms. The molecule has 1 heterocycles. The van der Waals surface area contributed by atoms with E-state index in [2.05, 4.69) is 10.3 Å². The second-order valence-electron chi connectivity index (χ2n) is 7.31. The lowest BCUT2D eigenvalue weighted by Crippen LogP contribution is -2.19. The lowest BCUT2D eigenvalue weighted by molar-refractivity contribution is -0.115. The molecule has 0 atom stereocenters. The second kappa shape index (κ2) is 10.7. The number of thioether (sulfide) groups is 1. The molecule has 0 aliphatic carbocycles. The summed E-state index contributed by atoms with van der Waals surface area (Å²) in [6, 6.07) is 16.3. The Balaban J connectivity index is 1.54. The molecular weight excluding hydrogens is 515 g/mol. The molecule has 3 aromatic carbocycles. The van der Waals surface area contributed by atoms with Gasteiger partial charge in [-0.05, 0) is 77.9 Å². The fourth-order valence-corrected chi connectivity index (χ4v) is 4.56. The van der Waals surface area contributed by atoms with Crippen LogP contribution >= 0.6 is 46.6 Å². The number of carbonyl (C=O) groups is 1. The van der Waals surface area contributed by atoms with Crippen molar-refractivity contribution in [1.82, 2.24) is 5.32 Å². The zero-order chi connectivity index (χ0) is 24.2. The molecule has 0 saturated carbocycles. The average Bonchev–Trinajstić information content (AvgIpc) is 3.15. The third-order valence-electron chi connectivity index (χ3n) is 4.96. The van der Waals surface area contributed by atoms with Gasteiger partial charge in [-0.3, -0.25) is 4.79 Å². The van der Waals surface area contributed by atoms with E-state index in [4.69, 9.17) is 44.3 Å². The number of nitrogens with zero attached hydrogens (tertiary/aromatic N) is 1. The van der Waals surface area contributed by atoms with Crippen molar-refractivity contribution in [3.05, 3.63) is 91.3 Å². The maximum atomic E-state index is 12.5. The number of hydrogen-bond donors (Lipinski definition) is 1. The van der Waals surface area contributed by atoms with Crippen LogP contribution in [0.2, 0.25) is 15.1 Å². The van der Waals surface area contributed by atoms with E-state index in [-0.39, 0.29) is 5.91 Å². The topological polar surface area (TPSA) is 59.9 Å². The smallest absolute Gasteiger partial charge is 0.264 e. The molecule has 1 aliphatic rings. The van der Waals surface area contributed by atoms with Crippen LogP contribution in [-0.4, -0.2) is 18.2 Å². The summed E-state index contributed by atoms with van der Waals surface area (Å²) in [5.74, 6) is 0.630. The van der Waals surface area contributed by atoms with Gasteiger partial charge in [0.2, 0.25) is 0 Å². The minimum Gasteiger partial charge on any atom is -0.493 e. The van der Waals surface area contributed by atoms with Crippen molar-refractivity contribution in [3.63, 3.8) is 0 Å². The van der Waals surface area contributed by atoms with Crippen LogP contribution in [0.25, 0.3) is 6.08 Å². The number of rotatable bonds is 6. The van der Waals surface area contributed by atoms with Crippen LogP contribution in [-0.2, 0) is 11.4 Å². The predicted octanol–water partition coefficient (Wildman–Crippen LogP) is 7.43. The molecule has 0 bridgehead atoms. The van der Waals surface area contributed by atoms with Crippen LogP contribution in [0.5, 0.6) is 11.5 Å². The normalized spacial score (nSPS) is 15.6. The first-order chi connectivity index (χ1) is 16.3. The van der Waals surface area contributed by atoms with Crippen LogP contribution in [0.15, 0.2) is 64.5 Å². The monoisotopic (exact) mass is 532 g/mol. The van der Waals surface area contributed by atoms with E-state index < -0.39 is 0 Å². The molecule has 1 fully saturated rings. The Bertz CT molecular complexity index is 1310. The Morgan fingerprint density at radius 3 is 2.56 bits per heavy atom. The van der Waals surface area contributed by atoms with E-state index in [0.29, 0.717) is 54.5 Å². The van der Waals surface area contributed by atoms with E-state index in [1.165, 1.54) is 18.9 Å². The molecule has 1 amide bonds. The summed E-state index contributed by atoms with van der Waals surface area (Å²) in [6.07, 6.45) is 1.73. The lowest BCUT2D eigenvalue weighted by atomic mass is 10.1. The molecule has 1 aliphatic heterocycles. The Kier molecular flexibility index (Phi) is 7.73. The first kappa shape index (κ1) is 24.5. The molecule has 174 valence electrons. The highest BCUT2D eigenvalue weighted by Gasteiger charge is 2.24. The van der Waals surface area contributed by atoms with Crippen LogP contribution in [0, 0.1) is 6.92 Å². The van der Waals surface area contributed by atoms with Crippen molar-refractivity contribution >= 4 is 69.4 Å². The number of nitrogens with one attached hydrogen (secondary N) is 1. The highest BCUT2D eigenvalue weighted by Crippen LogP contribution is 2.39. The molecule has 3 aromatic rings. The average molecular weight is 534 g/mol. The molecule has 34 heavy (non-hydrogen) atoms. The van der Waals surface area contributed by atoms with Gasteiger partial charge in [-0.15, -0.1) is 0 Å². The number of amidine groups is 1. The van der Waals surface area contributed by atoms with Crippen LogP contribution < -0.4 is 14.8 Å². The summed E-state index contributed by atoms with van der Waals surface area (Å²) in [4.78, 5) is 17.5. The van der Waals surface area contributed by atoms with Crippen molar-refractivity contribution in [1.29, 1.82) is 0 Å². The van der Waals surface area contributed by atoms with Gasteiger partial charge in [-0.25, -0.2) is 4.99 Å². The highest BCUT2D eigenvalue weighted by atomic mass is 35.5. The van der Waals surface area contributed by atoms with E-state index >= 15 is 0 Å². The van der Waals surface area contributed by atoms with Gasteiger partial charge in [0.25, 0.3) is 5.91 Å². The van der Waals surface area contributed by atoms with E-state index in [1.807, 2.05) is 31.2 Å². The predicted molar refractivity (Wildman–Crippen MR) is 141 cm³/mol. The van der Waals surface area contributed by atoms with Gasteiger partial charge in [0, 0.05) is 10.0 Å². The van der Waals surface area contributed by atoms with Gasteiger partial charge in [-0.1, -0.05) is 53.0 Å². The minimum absolute atomic E-state index is 0.249. The number of carbonyl (C=O) groups excluding carboxylic acids is 1. The van der Waals surface area contributed by atoms with Gasteiger partial charge < -0.3 is 14.8 Å². The molecule has 9 heteroatoms. The maximum absolute atomic E-state index is 12.5. The third-order valence-corrected chi connectivity index (χ3v) is 6.81. The Morgan fingerprint density at radius 1 is 1.06 bits per heavy atom. The number of hydrogen-bond acceptors (Lipinski definition) is 5. The zero-order valence-electron chi connectivity index (χ0n) is 18.2. The summed E-state index contributed by atoms with van der Waals surface area (Å²) in [7, 11) is 1.53. The number of aliphatic imine (C=N–C) groups is 1. The molecule has 1 N–H and O–H groups in total. The third kappa shape index (κ3) is 5.70. The van der Waals surface area contributed by atoms with Gasteiger partial charge in [0.15, 0.2) is 16.7 Å². The summed E-state index contributed by atoms with van der Waals surface area (Å²) >= 11 is 19.8. The van der Waals surface area contributed by atoms with Crippen molar-refractivity contribution in [2.45, 2.75) is 13.5 Å². The molecule has 0 unspecified atom stereocenters. The Morgan fingerprint density at radius 2 is 1.82 bits per heavy atom. The second-order valence-corrected chi connectivity index (χ2v) is 9.60. The van der Waals surface area contributed by atoms with Gasteiger partial charge >= 0.3 is 0 Å². The molecule has 0 radical (unpaired) electrons. The number of ether oxygens (including phenoxy) is 2. The van der Waals surface area contributed by atoms with Gasteiger partial charge in [-0.2, -0.15) is 0 Å². The summed E-state index contributed by atoms with van der Waals surface area (Å²) < 4.78 is 11.4. The van der Waals surface area contributed by atoms with E-state index in [1.54, 1.807) is 36.4 Å². The lowest BCUT2D eigenvalue weighted by Gasteiger charge is -2.13. The quantitative estimate of drug-likeness (QED) is 0.335. The fourth-order valence-electron chi connectivity index (χ4n) is 3.16. The first-order valence-corrected chi connectivity index (χ1v) is 12.1. The Labute approximate surface area is 216 Å². The van der Waals surface area contributed by atoms with Crippen LogP contribution in [0.3, 0.4) is 0 Å². The summed E-state index contributed by atoms with van der Waals surface area (Å²) in [6.45, 7) is 2.18. The zero-order valence-corrected chi connectivity index (χ0v) is 21.3. The molecule has 5 nitrogen and oxygen atoms in total. The molecular formula is C25H19Cl3N2O3S. The van der Waals surface area contributed by atoms with Crippen LogP contribution in [0.4, 0.5) is 5.69 Å². The number of amides is 1. The Hall–Kier alpha value is -2.64. The van der Waals surface area contributed by atoms with Gasteiger partial charge in [0.05, 0.1) is 22.7 Å².